The topological polar surface area (TPSA) is 29.5 Å². The van der Waals surface area contributed by atoms with Gasteiger partial charge < -0.3 is 9.84 Å². The summed E-state index contributed by atoms with van der Waals surface area (Å²) in [6.07, 6.45) is 3.57. The fourth-order valence-electron chi connectivity index (χ4n) is 2.92. The summed E-state index contributed by atoms with van der Waals surface area (Å²) in [5.74, 6) is 2.46. The minimum absolute atomic E-state index is 0.323. The van der Waals surface area contributed by atoms with Gasteiger partial charge in [0.25, 0.3) is 0 Å². The lowest BCUT2D eigenvalue weighted by Gasteiger charge is -2.05. The number of ether oxygens (including phenoxy) is 1. The van der Waals surface area contributed by atoms with E-state index in [4.69, 9.17) is 9.84 Å². The van der Waals surface area contributed by atoms with Crippen LogP contribution in [0.15, 0.2) is 18.2 Å². The molecular weight excluding hydrogens is 200 g/mol. The lowest BCUT2D eigenvalue weighted by atomic mass is 9.98. The van der Waals surface area contributed by atoms with E-state index in [1.165, 1.54) is 17.5 Å². The predicted molar refractivity (Wildman–Crippen MR) is 62.8 cm³/mol. The molecule has 0 bridgehead atoms. The zero-order chi connectivity index (χ0) is 11.1. The molecule has 1 N–H and O–H groups in total. The van der Waals surface area contributed by atoms with Crippen molar-refractivity contribution in [2.24, 2.45) is 5.92 Å². The second-order valence-corrected chi connectivity index (χ2v) is 5.07. The fourth-order valence-corrected chi connectivity index (χ4v) is 2.92. The van der Waals surface area contributed by atoms with Gasteiger partial charge in [-0.1, -0.05) is 12.1 Å². The Labute approximate surface area is 96.2 Å². The van der Waals surface area contributed by atoms with Gasteiger partial charge in [0.15, 0.2) is 0 Å². The second kappa shape index (κ2) is 3.77. The van der Waals surface area contributed by atoms with Crippen molar-refractivity contribution in [3.8, 4) is 5.75 Å². The molecule has 3 rings (SSSR count). The third kappa shape index (κ3) is 1.61. The first-order valence-electron chi connectivity index (χ1n) is 6.19. The van der Waals surface area contributed by atoms with Crippen LogP contribution >= 0.6 is 0 Å². The van der Waals surface area contributed by atoms with E-state index in [1.54, 1.807) is 0 Å². The van der Waals surface area contributed by atoms with Crippen LogP contribution in [0, 0.1) is 5.92 Å². The first kappa shape index (κ1) is 10.2. The van der Waals surface area contributed by atoms with Gasteiger partial charge in [-0.3, -0.25) is 0 Å². The Balaban J connectivity index is 1.85. The Morgan fingerprint density at radius 2 is 2.31 bits per heavy atom. The van der Waals surface area contributed by atoms with Gasteiger partial charge in [0.1, 0.15) is 11.9 Å². The molecule has 1 aliphatic carbocycles. The second-order valence-electron chi connectivity index (χ2n) is 5.07. The van der Waals surface area contributed by atoms with E-state index in [9.17, 15) is 0 Å². The molecule has 1 unspecified atom stereocenters. The van der Waals surface area contributed by atoms with E-state index in [0.29, 0.717) is 24.5 Å². The van der Waals surface area contributed by atoms with Crippen LogP contribution in [0.25, 0.3) is 0 Å². The van der Waals surface area contributed by atoms with Crippen molar-refractivity contribution in [3.05, 3.63) is 29.3 Å². The molecule has 16 heavy (non-hydrogen) atoms. The monoisotopic (exact) mass is 218 g/mol. The van der Waals surface area contributed by atoms with Crippen molar-refractivity contribution >= 4 is 0 Å². The van der Waals surface area contributed by atoms with Gasteiger partial charge in [0, 0.05) is 18.6 Å². The summed E-state index contributed by atoms with van der Waals surface area (Å²) < 4.78 is 5.77. The molecule has 1 fully saturated rings. The molecule has 1 aromatic carbocycles. The molecule has 2 aliphatic rings. The maximum atomic E-state index is 8.95. The van der Waals surface area contributed by atoms with Crippen molar-refractivity contribution < 1.29 is 9.84 Å². The van der Waals surface area contributed by atoms with Gasteiger partial charge in [-0.05, 0) is 43.2 Å². The summed E-state index contributed by atoms with van der Waals surface area (Å²) >= 11 is 0. The highest BCUT2D eigenvalue weighted by Gasteiger charge is 2.40. The van der Waals surface area contributed by atoms with E-state index in [-0.39, 0.29) is 0 Å². The van der Waals surface area contributed by atoms with Crippen LogP contribution in [0.3, 0.4) is 0 Å². The van der Waals surface area contributed by atoms with Crippen molar-refractivity contribution in [1.29, 1.82) is 0 Å². The highest BCUT2D eigenvalue weighted by molar-refractivity contribution is 5.47. The van der Waals surface area contributed by atoms with Gasteiger partial charge >= 0.3 is 0 Å². The summed E-state index contributed by atoms with van der Waals surface area (Å²) in [4.78, 5) is 0. The first-order valence-corrected chi connectivity index (χ1v) is 6.19. The minimum atomic E-state index is 0.323. The van der Waals surface area contributed by atoms with E-state index < -0.39 is 0 Å². The Morgan fingerprint density at radius 3 is 3.12 bits per heavy atom. The van der Waals surface area contributed by atoms with Gasteiger partial charge in [0.2, 0.25) is 0 Å². The minimum Gasteiger partial charge on any atom is -0.490 e. The molecule has 1 heterocycles. The van der Waals surface area contributed by atoms with Gasteiger partial charge in [0.05, 0.1) is 0 Å². The van der Waals surface area contributed by atoms with Crippen LogP contribution in [-0.4, -0.2) is 17.8 Å². The molecular formula is C14H18O2. The van der Waals surface area contributed by atoms with Crippen molar-refractivity contribution in [2.75, 3.05) is 6.61 Å². The molecule has 2 nitrogen and oxygen atoms in total. The summed E-state index contributed by atoms with van der Waals surface area (Å²) in [5, 5.41) is 8.95. The zero-order valence-corrected chi connectivity index (χ0v) is 9.65. The molecule has 0 amide bonds. The molecule has 1 aromatic rings. The zero-order valence-electron chi connectivity index (χ0n) is 9.65. The lowest BCUT2D eigenvalue weighted by molar-refractivity contribution is 0.254. The normalized spacial score (nSPS) is 31.0. The number of hydrogen-bond acceptors (Lipinski definition) is 2. The summed E-state index contributed by atoms with van der Waals surface area (Å²) in [6, 6.07) is 6.41. The van der Waals surface area contributed by atoms with E-state index >= 15 is 0 Å². The van der Waals surface area contributed by atoms with Gasteiger partial charge in [-0.15, -0.1) is 0 Å². The molecule has 3 atom stereocenters. The standard InChI is InChI=1S/C14H18O2/c1-9-7-13-11(3-2-4-14(13)16-9)12-8-10(12)5-6-15/h2-4,9-10,12,15H,5-8H2,1H3/t9?,10-,12-/m1/s1. The number of rotatable bonds is 3. The Bertz CT molecular complexity index is 400. The Hall–Kier alpha value is -1.02. The lowest BCUT2D eigenvalue weighted by Crippen LogP contribution is -2.05. The molecule has 2 heteroatoms. The van der Waals surface area contributed by atoms with Crippen molar-refractivity contribution in [1.82, 2.24) is 0 Å². The van der Waals surface area contributed by atoms with Crippen LogP contribution in [-0.2, 0) is 6.42 Å². The molecule has 0 spiro atoms. The SMILES string of the molecule is CC1Cc2c(cccc2[C@@H]2C[C@H]2CCO)O1. The number of aliphatic hydroxyl groups excluding tert-OH is 1. The molecule has 1 saturated carbocycles. The molecule has 0 aromatic heterocycles. The first-order chi connectivity index (χ1) is 7.79. The molecule has 86 valence electrons. The third-order valence-corrected chi connectivity index (χ3v) is 3.81. The van der Waals surface area contributed by atoms with Crippen molar-refractivity contribution in [3.63, 3.8) is 0 Å². The molecule has 1 aliphatic heterocycles. The maximum absolute atomic E-state index is 8.95. The van der Waals surface area contributed by atoms with Crippen molar-refractivity contribution in [2.45, 2.75) is 38.2 Å². The number of aliphatic hydroxyl groups is 1. The third-order valence-electron chi connectivity index (χ3n) is 3.81. The van der Waals surface area contributed by atoms with E-state index in [0.717, 1.165) is 18.6 Å². The van der Waals surface area contributed by atoms with E-state index in [1.807, 2.05) is 0 Å². The smallest absolute Gasteiger partial charge is 0.123 e. The van der Waals surface area contributed by atoms with Gasteiger partial charge in [-0.2, -0.15) is 0 Å². The Kier molecular flexibility index (Phi) is 2.40. The average Bonchev–Trinajstić information content (AvgIpc) is 2.90. The fraction of sp³-hybridized carbons (Fsp3) is 0.571. The quantitative estimate of drug-likeness (QED) is 0.844. The predicted octanol–water partition coefficient (Wildman–Crippen LogP) is 2.50. The van der Waals surface area contributed by atoms with Crippen LogP contribution in [0.2, 0.25) is 0 Å². The Morgan fingerprint density at radius 1 is 1.44 bits per heavy atom. The average molecular weight is 218 g/mol. The van der Waals surface area contributed by atoms with Crippen LogP contribution < -0.4 is 4.74 Å². The number of benzene rings is 1. The van der Waals surface area contributed by atoms with Crippen LogP contribution in [0.4, 0.5) is 0 Å². The highest BCUT2D eigenvalue weighted by atomic mass is 16.5. The maximum Gasteiger partial charge on any atom is 0.123 e. The van der Waals surface area contributed by atoms with Crippen LogP contribution in [0.1, 0.15) is 36.8 Å². The number of hydrogen-bond donors (Lipinski definition) is 1. The van der Waals surface area contributed by atoms with Crippen LogP contribution in [0.5, 0.6) is 5.75 Å². The highest BCUT2D eigenvalue weighted by Crippen LogP contribution is 2.52. The largest absolute Gasteiger partial charge is 0.490 e. The summed E-state index contributed by atoms with van der Waals surface area (Å²) in [5.41, 5.74) is 2.89. The molecule has 0 saturated heterocycles. The number of fused-ring (bicyclic) bond motifs is 1. The van der Waals surface area contributed by atoms with E-state index in [2.05, 4.69) is 25.1 Å². The van der Waals surface area contributed by atoms with Gasteiger partial charge in [-0.25, -0.2) is 0 Å². The summed E-state index contributed by atoms with van der Waals surface area (Å²) in [7, 11) is 0. The summed E-state index contributed by atoms with van der Waals surface area (Å²) in [6.45, 7) is 2.45. The molecule has 0 radical (unpaired) electrons.